The van der Waals surface area contributed by atoms with Gasteiger partial charge < -0.3 is 15.2 Å². The summed E-state index contributed by atoms with van der Waals surface area (Å²) in [6.45, 7) is 0.372. The van der Waals surface area contributed by atoms with Gasteiger partial charge in [-0.2, -0.15) is 0 Å². The van der Waals surface area contributed by atoms with Gasteiger partial charge in [0.15, 0.2) is 0 Å². The van der Waals surface area contributed by atoms with Crippen LogP contribution in [0.1, 0.15) is 22.7 Å². The van der Waals surface area contributed by atoms with Crippen molar-refractivity contribution in [3.63, 3.8) is 0 Å². The highest BCUT2D eigenvalue weighted by Gasteiger charge is 2.28. The van der Waals surface area contributed by atoms with E-state index < -0.39 is 6.09 Å². The number of nitrogens with zero attached hydrogens (tertiary/aromatic N) is 1. The molecule has 1 amide bonds. The van der Waals surface area contributed by atoms with Crippen molar-refractivity contribution < 1.29 is 14.6 Å². The fraction of sp³-hybridized carbons (Fsp3) is 0.143. The molecule has 0 bridgehead atoms. The monoisotopic (exact) mass is 346 g/mol. The number of hydrogen-bond acceptors (Lipinski definition) is 4. The number of hydrogen-bond donors (Lipinski definition) is 2. The van der Waals surface area contributed by atoms with Gasteiger partial charge in [0, 0.05) is 12.1 Å². The Morgan fingerprint density at radius 3 is 2.31 bits per heavy atom. The van der Waals surface area contributed by atoms with E-state index in [9.17, 15) is 9.90 Å². The lowest BCUT2D eigenvalue weighted by Gasteiger charge is -2.14. The molecule has 0 spiro atoms. The number of fused-ring (bicyclic) bond motifs is 3. The molecule has 130 valence electrons. The molecule has 2 N–H and O–H groups in total. The van der Waals surface area contributed by atoms with Crippen LogP contribution in [0, 0.1) is 0 Å². The molecule has 4 rings (SSSR count). The first-order chi connectivity index (χ1) is 12.7. The van der Waals surface area contributed by atoms with Gasteiger partial charge in [-0.15, -0.1) is 0 Å². The van der Waals surface area contributed by atoms with Crippen molar-refractivity contribution in [3.8, 4) is 16.9 Å². The first kappa shape index (κ1) is 16.1. The third kappa shape index (κ3) is 2.99. The molecule has 0 aliphatic heterocycles. The van der Waals surface area contributed by atoms with Crippen molar-refractivity contribution >= 4 is 6.09 Å². The first-order valence-electron chi connectivity index (χ1n) is 8.46. The second-order valence-electron chi connectivity index (χ2n) is 6.15. The number of aromatic hydroxyl groups is 1. The Kier molecular flexibility index (Phi) is 4.27. The van der Waals surface area contributed by atoms with Gasteiger partial charge in [-0.1, -0.05) is 48.5 Å². The highest BCUT2D eigenvalue weighted by atomic mass is 16.5. The zero-order valence-corrected chi connectivity index (χ0v) is 14.1. The van der Waals surface area contributed by atoms with E-state index in [1.165, 1.54) is 28.3 Å². The number of benzene rings is 2. The molecule has 0 saturated carbocycles. The Labute approximate surface area is 151 Å². The minimum absolute atomic E-state index is 0.0244. The number of aromatic nitrogens is 1. The van der Waals surface area contributed by atoms with Gasteiger partial charge >= 0.3 is 6.09 Å². The van der Waals surface area contributed by atoms with Crippen LogP contribution >= 0.6 is 0 Å². The van der Waals surface area contributed by atoms with Crippen molar-refractivity contribution in [1.29, 1.82) is 0 Å². The Morgan fingerprint density at radius 1 is 1.00 bits per heavy atom. The number of carbonyl (C=O) groups excluding carboxylic acids is 1. The molecule has 5 heteroatoms. The topological polar surface area (TPSA) is 71.5 Å². The van der Waals surface area contributed by atoms with Crippen LogP contribution in [0.4, 0.5) is 4.79 Å². The summed E-state index contributed by atoms with van der Waals surface area (Å²) in [5, 5.41) is 12.3. The molecule has 0 atom stereocenters. The van der Waals surface area contributed by atoms with E-state index in [0.29, 0.717) is 5.69 Å². The zero-order chi connectivity index (χ0) is 17.9. The molecule has 0 saturated heterocycles. The van der Waals surface area contributed by atoms with Gasteiger partial charge in [-0.05, 0) is 34.4 Å². The molecule has 0 unspecified atom stereocenters. The van der Waals surface area contributed by atoms with E-state index in [2.05, 4.69) is 34.6 Å². The summed E-state index contributed by atoms with van der Waals surface area (Å²) >= 11 is 0. The number of pyridine rings is 1. The molecule has 3 aromatic rings. The van der Waals surface area contributed by atoms with Crippen LogP contribution < -0.4 is 5.32 Å². The quantitative estimate of drug-likeness (QED) is 0.753. The third-order valence-electron chi connectivity index (χ3n) is 4.61. The van der Waals surface area contributed by atoms with Crippen LogP contribution in [-0.2, 0) is 11.3 Å². The second kappa shape index (κ2) is 6.88. The van der Waals surface area contributed by atoms with Crippen molar-refractivity contribution in [2.45, 2.75) is 12.5 Å². The molecule has 1 aromatic heterocycles. The summed E-state index contributed by atoms with van der Waals surface area (Å²) in [6.07, 6.45) is 1.03. The lowest BCUT2D eigenvalue weighted by molar-refractivity contribution is 0.142. The number of carbonyl (C=O) groups is 1. The third-order valence-corrected chi connectivity index (χ3v) is 4.61. The molecule has 0 fully saturated rings. The minimum Gasteiger partial charge on any atom is -0.506 e. The first-order valence-corrected chi connectivity index (χ1v) is 8.46. The van der Waals surface area contributed by atoms with Crippen molar-refractivity contribution in [3.05, 3.63) is 83.7 Å². The molecule has 2 aromatic carbocycles. The van der Waals surface area contributed by atoms with Gasteiger partial charge in [0.05, 0.1) is 6.54 Å². The molecule has 0 radical (unpaired) electrons. The zero-order valence-electron chi connectivity index (χ0n) is 14.1. The van der Waals surface area contributed by atoms with E-state index in [0.717, 1.165) is 0 Å². The smallest absolute Gasteiger partial charge is 0.407 e. The molecular formula is C21H18N2O3. The summed E-state index contributed by atoms with van der Waals surface area (Å²) in [5.41, 5.74) is 5.12. The Bertz CT molecular complexity index is 910. The van der Waals surface area contributed by atoms with Crippen molar-refractivity contribution in [2.24, 2.45) is 0 Å². The van der Waals surface area contributed by atoms with Gasteiger partial charge in [0.2, 0.25) is 0 Å². The molecule has 1 aliphatic rings. The lowest BCUT2D eigenvalue weighted by Crippen LogP contribution is -2.26. The number of alkyl carbamates (subject to hydrolysis) is 1. The molecule has 5 nitrogen and oxygen atoms in total. The summed E-state index contributed by atoms with van der Waals surface area (Å²) in [5.74, 6) is 0.0721. The number of ether oxygens (including phenoxy) is 1. The second-order valence-corrected chi connectivity index (χ2v) is 6.15. The predicted molar refractivity (Wildman–Crippen MR) is 97.8 cm³/mol. The number of amides is 1. The van der Waals surface area contributed by atoms with E-state index in [-0.39, 0.29) is 24.8 Å². The Hall–Kier alpha value is -3.34. The average molecular weight is 346 g/mol. The lowest BCUT2D eigenvalue weighted by atomic mass is 9.98. The summed E-state index contributed by atoms with van der Waals surface area (Å²) in [7, 11) is 0. The van der Waals surface area contributed by atoms with Crippen LogP contribution in [0.3, 0.4) is 0 Å². The molecule has 26 heavy (non-hydrogen) atoms. The maximum atomic E-state index is 12.1. The van der Waals surface area contributed by atoms with Crippen molar-refractivity contribution in [2.75, 3.05) is 6.61 Å². The maximum Gasteiger partial charge on any atom is 0.407 e. The maximum absolute atomic E-state index is 12.1. The van der Waals surface area contributed by atoms with Gasteiger partial charge in [0.1, 0.15) is 18.1 Å². The van der Waals surface area contributed by atoms with E-state index in [1.54, 1.807) is 12.3 Å². The SMILES string of the molecule is O=C(NCc1ncccc1O)OCC1c2ccccc2-c2ccccc21. The van der Waals surface area contributed by atoms with Crippen LogP contribution in [0.15, 0.2) is 66.9 Å². The largest absolute Gasteiger partial charge is 0.506 e. The molecular weight excluding hydrogens is 328 g/mol. The van der Waals surface area contributed by atoms with Crippen molar-refractivity contribution in [1.82, 2.24) is 10.3 Å². The molecule has 1 aliphatic carbocycles. The highest BCUT2D eigenvalue weighted by molar-refractivity contribution is 5.79. The Balaban J connectivity index is 1.43. The van der Waals surface area contributed by atoms with Crippen LogP contribution in [0.5, 0.6) is 5.75 Å². The average Bonchev–Trinajstić information content (AvgIpc) is 3.00. The van der Waals surface area contributed by atoms with Gasteiger partial charge in [-0.25, -0.2) is 4.79 Å². The van der Waals surface area contributed by atoms with E-state index in [1.807, 2.05) is 24.3 Å². The molecule has 1 heterocycles. The standard InChI is InChI=1S/C21H18N2O3/c24-20-10-5-11-22-19(20)12-23-21(25)26-13-18-16-8-3-1-6-14(16)15-7-2-4-9-17(15)18/h1-11,18,24H,12-13H2,(H,23,25). The number of nitrogens with one attached hydrogen (secondary N) is 1. The predicted octanol–water partition coefficient (Wildman–Crippen LogP) is 3.83. The summed E-state index contributed by atoms with van der Waals surface area (Å²) < 4.78 is 5.44. The summed E-state index contributed by atoms with van der Waals surface area (Å²) in [6, 6.07) is 19.5. The van der Waals surface area contributed by atoms with Crippen LogP contribution in [-0.4, -0.2) is 22.8 Å². The Morgan fingerprint density at radius 2 is 1.65 bits per heavy atom. The summed E-state index contributed by atoms with van der Waals surface area (Å²) in [4.78, 5) is 16.1. The number of rotatable bonds is 4. The fourth-order valence-electron chi connectivity index (χ4n) is 3.37. The van der Waals surface area contributed by atoms with E-state index in [4.69, 9.17) is 4.74 Å². The van der Waals surface area contributed by atoms with Gasteiger partial charge in [-0.3, -0.25) is 4.98 Å². The van der Waals surface area contributed by atoms with Crippen LogP contribution in [0.25, 0.3) is 11.1 Å². The van der Waals surface area contributed by atoms with Gasteiger partial charge in [0.25, 0.3) is 0 Å². The minimum atomic E-state index is -0.531. The fourth-order valence-corrected chi connectivity index (χ4v) is 3.37. The highest BCUT2D eigenvalue weighted by Crippen LogP contribution is 2.44. The van der Waals surface area contributed by atoms with Crippen LogP contribution in [0.2, 0.25) is 0 Å². The van der Waals surface area contributed by atoms with E-state index >= 15 is 0 Å². The normalized spacial score (nSPS) is 12.3.